The molecule has 0 N–H and O–H groups in total. The van der Waals surface area contributed by atoms with Crippen molar-refractivity contribution >= 4 is 33.7 Å². The van der Waals surface area contributed by atoms with Crippen LogP contribution in [-0.4, -0.2) is 26.4 Å². The third-order valence-electron chi connectivity index (χ3n) is 11.4. The first-order valence-electron chi connectivity index (χ1n) is 22.2. The molecule has 60 heavy (non-hydrogen) atoms. The van der Waals surface area contributed by atoms with Crippen LogP contribution in [0.15, 0.2) is 121 Å². The fraction of sp³-hybridized carbons (Fsp3) is 0.286. The normalized spacial score (nSPS) is 12.5. The highest BCUT2D eigenvalue weighted by Gasteiger charge is 2.24. The minimum Gasteiger partial charge on any atom is -0.493 e. The minimum absolute atomic E-state index is 0.630. The van der Waals surface area contributed by atoms with Gasteiger partial charge in [-0.3, -0.25) is 0 Å². The van der Waals surface area contributed by atoms with Crippen LogP contribution in [0.1, 0.15) is 109 Å². The van der Waals surface area contributed by atoms with E-state index in [9.17, 15) is 0 Å². The Morgan fingerprint density at radius 2 is 0.833 bits per heavy atom. The molecule has 7 aromatic rings. The van der Waals surface area contributed by atoms with Crippen molar-refractivity contribution in [2.45, 2.75) is 79.1 Å². The molecule has 0 spiro atoms. The van der Waals surface area contributed by atoms with E-state index in [0.717, 1.165) is 93.2 Å². The van der Waals surface area contributed by atoms with Crippen LogP contribution < -0.4 is 18.9 Å². The molecule has 0 saturated carbocycles. The molecule has 4 heteroatoms. The van der Waals surface area contributed by atoms with Crippen molar-refractivity contribution in [1.29, 1.82) is 0 Å². The molecule has 4 nitrogen and oxygen atoms in total. The topological polar surface area (TPSA) is 36.9 Å². The van der Waals surface area contributed by atoms with E-state index in [1.54, 1.807) is 0 Å². The van der Waals surface area contributed by atoms with Crippen molar-refractivity contribution in [2.24, 2.45) is 0 Å². The number of benzene rings is 7. The molecule has 0 aromatic heterocycles. The molecule has 1 aliphatic rings. The maximum Gasteiger partial charge on any atom is 0.127 e. The molecule has 0 unspecified atom stereocenters. The molecule has 8 bridgehead atoms. The predicted octanol–water partition coefficient (Wildman–Crippen LogP) is 14.0. The number of fused-ring (bicyclic) bond motifs is 12. The Labute approximate surface area is 356 Å². The summed E-state index contributed by atoms with van der Waals surface area (Å²) >= 11 is 0. The highest BCUT2D eigenvalue weighted by atomic mass is 16.5. The van der Waals surface area contributed by atoms with Crippen LogP contribution in [0, 0.1) is 0 Å². The Bertz CT molecular complexity index is 2600. The van der Waals surface area contributed by atoms with Gasteiger partial charge in [0.15, 0.2) is 0 Å². The molecule has 0 heterocycles. The third-order valence-corrected chi connectivity index (χ3v) is 11.4. The van der Waals surface area contributed by atoms with Crippen molar-refractivity contribution < 1.29 is 18.9 Å². The second kappa shape index (κ2) is 19.4. The Hall–Kier alpha value is -6.00. The minimum atomic E-state index is 0.630. The van der Waals surface area contributed by atoms with Gasteiger partial charge in [-0.2, -0.15) is 0 Å². The van der Waals surface area contributed by atoms with Crippen molar-refractivity contribution in [2.75, 3.05) is 26.4 Å². The van der Waals surface area contributed by atoms with Crippen LogP contribution in [0.3, 0.4) is 0 Å². The lowest BCUT2D eigenvalue weighted by molar-refractivity contribution is 0.305. The zero-order chi connectivity index (χ0) is 41.3. The van der Waals surface area contributed by atoms with Crippen LogP contribution in [0.5, 0.6) is 23.0 Å². The van der Waals surface area contributed by atoms with Crippen molar-refractivity contribution in [3.05, 3.63) is 177 Å². The average molecular weight is 795 g/mol. The number of para-hydroxylation sites is 2. The molecule has 306 valence electrons. The highest BCUT2D eigenvalue weighted by molar-refractivity contribution is 6.10. The molecule has 0 aliphatic heterocycles. The van der Waals surface area contributed by atoms with E-state index in [2.05, 4.69) is 161 Å². The second-order valence-corrected chi connectivity index (χ2v) is 16.1. The van der Waals surface area contributed by atoms with Crippen LogP contribution in [-0.2, 0) is 25.7 Å². The van der Waals surface area contributed by atoms with E-state index in [1.807, 2.05) is 0 Å². The fourth-order valence-corrected chi connectivity index (χ4v) is 8.69. The predicted molar refractivity (Wildman–Crippen MR) is 251 cm³/mol. The van der Waals surface area contributed by atoms with Crippen molar-refractivity contribution in [3.8, 4) is 23.0 Å². The molecule has 8 rings (SSSR count). The standard InChI is InChI=1S/C56H58O4/c1-5-28-57-53-43-19-14-20-45(53)37-49-34-42-27-26-41-18-12-13-23-50(41)52(42)51(56(49)60-31-8-4)38-46-22-15-21-44(54(46)58-29-6-2)36-48-33-40(25-24-39-16-10-9-11-17-39)32-47(35-43)55(48)59-30-7-3/h9-27,32-34H,5-8,28-31,35-38H2,1-4H3/b25-24+. The zero-order valence-electron chi connectivity index (χ0n) is 35.8. The summed E-state index contributed by atoms with van der Waals surface area (Å²) in [5.41, 5.74) is 11.6. The van der Waals surface area contributed by atoms with Gasteiger partial charge >= 0.3 is 0 Å². The van der Waals surface area contributed by atoms with Gasteiger partial charge < -0.3 is 18.9 Å². The van der Waals surface area contributed by atoms with Crippen LogP contribution in [0.4, 0.5) is 0 Å². The van der Waals surface area contributed by atoms with Gasteiger partial charge in [0.1, 0.15) is 23.0 Å². The van der Waals surface area contributed by atoms with Gasteiger partial charge in [-0.25, -0.2) is 0 Å². The summed E-state index contributed by atoms with van der Waals surface area (Å²) in [6.07, 6.45) is 10.8. The van der Waals surface area contributed by atoms with Gasteiger partial charge in [0.2, 0.25) is 0 Å². The number of hydrogen-bond acceptors (Lipinski definition) is 4. The fourth-order valence-electron chi connectivity index (χ4n) is 8.69. The van der Waals surface area contributed by atoms with Gasteiger partial charge in [0, 0.05) is 31.2 Å². The SMILES string of the molecule is CCCOc1c2cc(/C=C/c3ccccc3)cc1Cc1cccc(c1OCCC)Cc1c(OCCC)c(cc3ccc4ccccc4c13)Cc1cccc(c1OCCC)C2. The van der Waals surface area contributed by atoms with Gasteiger partial charge in [-0.1, -0.05) is 143 Å². The first-order chi connectivity index (χ1) is 29.6. The van der Waals surface area contributed by atoms with Crippen molar-refractivity contribution in [1.82, 2.24) is 0 Å². The Kier molecular flexibility index (Phi) is 13.2. The monoisotopic (exact) mass is 794 g/mol. The average Bonchev–Trinajstić information content (AvgIpc) is 3.27. The molecule has 1 aliphatic carbocycles. The first kappa shape index (κ1) is 40.8. The van der Waals surface area contributed by atoms with Gasteiger partial charge in [0.05, 0.1) is 26.4 Å². The van der Waals surface area contributed by atoms with E-state index < -0.39 is 0 Å². The summed E-state index contributed by atoms with van der Waals surface area (Å²) in [5, 5.41) is 4.91. The molecule has 0 radical (unpaired) electrons. The summed E-state index contributed by atoms with van der Waals surface area (Å²) in [7, 11) is 0. The molecular weight excluding hydrogens is 737 g/mol. The van der Waals surface area contributed by atoms with E-state index >= 15 is 0 Å². The lowest BCUT2D eigenvalue weighted by atomic mass is 9.87. The lowest BCUT2D eigenvalue weighted by Gasteiger charge is -2.24. The van der Waals surface area contributed by atoms with E-state index in [1.165, 1.54) is 32.7 Å². The third kappa shape index (κ3) is 8.94. The molecule has 0 atom stereocenters. The van der Waals surface area contributed by atoms with Crippen LogP contribution in [0.25, 0.3) is 33.7 Å². The molecule has 0 saturated heterocycles. The molecule has 7 aromatic carbocycles. The quantitative estimate of drug-likeness (QED) is 0.0811. The summed E-state index contributed by atoms with van der Waals surface area (Å²) in [5.74, 6) is 3.85. The van der Waals surface area contributed by atoms with E-state index in [4.69, 9.17) is 18.9 Å². The number of hydrogen-bond donors (Lipinski definition) is 0. The van der Waals surface area contributed by atoms with E-state index in [0.29, 0.717) is 52.1 Å². The first-order valence-corrected chi connectivity index (χ1v) is 22.2. The number of ether oxygens (including phenoxy) is 4. The Morgan fingerprint density at radius 3 is 1.40 bits per heavy atom. The summed E-state index contributed by atoms with van der Waals surface area (Å²) in [4.78, 5) is 0. The zero-order valence-corrected chi connectivity index (χ0v) is 35.8. The maximum atomic E-state index is 6.96. The summed E-state index contributed by atoms with van der Waals surface area (Å²) < 4.78 is 27.4. The van der Waals surface area contributed by atoms with Crippen LogP contribution in [0.2, 0.25) is 0 Å². The molecule has 0 fully saturated rings. The highest BCUT2D eigenvalue weighted by Crippen LogP contribution is 2.43. The Morgan fingerprint density at radius 1 is 0.383 bits per heavy atom. The van der Waals surface area contributed by atoms with Gasteiger partial charge in [-0.05, 0) is 115 Å². The molecule has 0 amide bonds. The number of rotatable bonds is 14. The Balaban J connectivity index is 1.42. The largest absolute Gasteiger partial charge is 0.493 e. The van der Waals surface area contributed by atoms with Gasteiger partial charge in [0.25, 0.3) is 0 Å². The van der Waals surface area contributed by atoms with Crippen molar-refractivity contribution in [3.63, 3.8) is 0 Å². The van der Waals surface area contributed by atoms with Crippen LogP contribution >= 0.6 is 0 Å². The summed E-state index contributed by atoms with van der Waals surface area (Å²) in [6.45, 7) is 11.2. The maximum absolute atomic E-state index is 6.96. The molecular formula is C56H58O4. The lowest BCUT2D eigenvalue weighted by Crippen LogP contribution is -2.10. The second-order valence-electron chi connectivity index (χ2n) is 16.1. The smallest absolute Gasteiger partial charge is 0.127 e. The summed E-state index contributed by atoms with van der Waals surface area (Å²) in [6, 6.07) is 44.2. The van der Waals surface area contributed by atoms with E-state index in [-0.39, 0.29) is 0 Å². The van der Waals surface area contributed by atoms with Gasteiger partial charge in [-0.15, -0.1) is 0 Å².